The summed E-state index contributed by atoms with van der Waals surface area (Å²) < 4.78 is 52.8. The molecule has 0 saturated heterocycles. The Morgan fingerprint density at radius 2 is 1.79 bits per heavy atom. The summed E-state index contributed by atoms with van der Waals surface area (Å²) in [6.07, 6.45) is -4.54. The summed E-state index contributed by atoms with van der Waals surface area (Å²) >= 11 is 0. The van der Waals surface area contributed by atoms with Crippen molar-refractivity contribution in [1.29, 1.82) is 0 Å². The number of para-hydroxylation sites is 1. The van der Waals surface area contributed by atoms with Gasteiger partial charge in [0.2, 0.25) is 0 Å². The molecule has 0 atom stereocenters. The van der Waals surface area contributed by atoms with E-state index >= 15 is 0 Å². The van der Waals surface area contributed by atoms with E-state index in [0.717, 1.165) is 10.7 Å². The normalized spacial score (nSPS) is 12.2. The molecule has 0 unspecified atom stereocenters. The molecule has 0 spiro atoms. The standard InChI is InChI=1S/C13H12F4N2/c1-8(2)11-7-12(13(15,16)17)18-19(11)10-6-4-3-5-9(10)14/h3-8H,1-2H3. The fraction of sp³-hybridized carbons (Fsp3) is 0.308. The molecule has 1 aromatic carbocycles. The Morgan fingerprint density at radius 3 is 2.32 bits per heavy atom. The van der Waals surface area contributed by atoms with E-state index in [1.165, 1.54) is 18.2 Å². The Balaban J connectivity index is 2.63. The van der Waals surface area contributed by atoms with Crippen molar-refractivity contribution in [3.05, 3.63) is 47.5 Å². The predicted octanol–water partition coefficient (Wildman–Crippen LogP) is 4.15. The van der Waals surface area contributed by atoms with Crippen LogP contribution in [0.5, 0.6) is 0 Å². The molecule has 2 rings (SSSR count). The second-order valence-corrected chi connectivity index (χ2v) is 4.47. The molecule has 2 aromatic rings. The zero-order valence-electron chi connectivity index (χ0n) is 10.4. The maximum atomic E-state index is 13.7. The number of nitrogens with zero attached hydrogens (tertiary/aromatic N) is 2. The summed E-state index contributed by atoms with van der Waals surface area (Å²) in [5, 5.41) is 3.49. The van der Waals surface area contributed by atoms with Crippen LogP contribution in [0.25, 0.3) is 5.69 Å². The van der Waals surface area contributed by atoms with Gasteiger partial charge in [0, 0.05) is 5.69 Å². The molecular weight excluding hydrogens is 260 g/mol. The lowest BCUT2D eigenvalue weighted by Gasteiger charge is -2.10. The number of rotatable bonds is 2. The van der Waals surface area contributed by atoms with Gasteiger partial charge in [-0.1, -0.05) is 26.0 Å². The topological polar surface area (TPSA) is 17.8 Å². The van der Waals surface area contributed by atoms with E-state index in [1.54, 1.807) is 19.9 Å². The minimum Gasteiger partial charge on any atom is -0.234 e. The molecule has 1 aromatic heterocycles. The average molecular weight is 272 g/mol. The van der Waals surface area contributed by atoms with Crippen LogP contribution in [0.4, 0.5) is 17.6 Å². The number of hydrogen-bond donors (Lipinski definition) is 0. The molecule has 6 heteroatoms. The molecule has 1 heterocycles. The summed E-state index contributed by atoms with van der Waals surface area (Å²) in [4.78, 5) is 0. The molecule has 0 aliphatic heterocycles. The highest BCUT2D eigenvalue weighted by molar-refractivity contribution is 5.36. The first kappa shape index (κ1) is 13.6. The van der Waals surface area contributed by atoms with Crippen LogP contribution in [0.15, 0.2) is 30.3 Å². The van der Waals surface area contributed by atoms with E-state index in [0.29, 0.717) is 5.69 Å². The summed E-state index contributed by atoms with van der Waals surface area (Å²) in [7, 11) is 0. The van der Waals surface area contributed by atoms with Gasteiger partial charge >= 0.3 is 6.18 Å². The third-order valence-corrected chi connectivity index (χ3v) is 2.70. The summed E-state index contributed by atoms with van der Waals surface area (Å²) in [6, 6.07) is 6.57. The first-order valence-corrected chi connectivity index (χ1v) is 5.72. The molecule has 0 amide bonds. The fourth-order valence-electron chi connectivity index (χ4n) is 1.76. The molecule has 0 fully saturated rings. The molecule has 0 aliphatic rings. The van der Waals surface area contributed by atoms with Crippen molar-refractivity contribution in [1.82, 2.24) is 9.78 Å². The lowest BCUT2D eigenvalue weighted by Crippen LogP contribution is -2.09. The van der Waals surface area contributed by atoms with Crippen LogP contribution in [-0.4, -0.2) is 9.78 Å². The highest BCUT2D eigenvalue weighted by Gasteiger charge is 2.35. The Labute approximate surface area is 107 Å². The average Bonchev–Trinajstić information content (AvgIpc) is 2.74. The van der Waals surface area contributed by atoms with Gasteiger partial charge < -0.3 is 0 Å². The van der Waals surface area contributed by atoms with Gasteiger partial charge in [-0.2, -0.15) is 18.3 Å². The number of alkyl halides is 3. The summed E-state index contributed by atoms with van der Waals surface area (Å²) in [5.41, 5.74) is -0.682. The van der Waals surface area contributed by atoms with Crippen molar-refractivity contribution < 1.29 is 17.6 Å². The molecule has 0 aliphatic carbocycles. The summed E-state index contributed by atoms with van der Waals surface area (Å²) in [5.74, 6) is -0.815. The van der Waals surface area contributed by atoms with E-state index in [2.05, 4.69) is 5.10 Å². The van der Waals surface area contributed by atoms with Crippen LogP contribution >= 0.6 is 0 Å². The third kappa shape index (κ3) is 2.62. The van der Waals surface area contributed by atoms with E-state index in [4.69, 9.17) is 0 Å². The van der Waals surface area contributed by atoms with Crippen LogP contribution in [0.2, 0.25) is 0 Å². The highest BCUT2D eigenvalue weighted by Crippen LogP contribution is 2.32. The van der Waals surface area contributed by atoms with Gasteiger partial charge in [0.05, 0.1) is 0 Å². The largest absolute Gasteiger partial charge is 0.435 e. The monoisotopic (exact) mass is 272 g/mol. The van der Waals surface area contributed by atoms with Gasteiger partial charge in [0.15, 0.2) is 5.69 Å². The molecule has 0 radical (unpaired) electrons. The predicted molar refractivity (Wildman–Crippen MR) is 62.6 cm³/mol. The van der Waals surface area contributed by atoms with E-state index in [-0.39, 0.29) is 11.6 Å². The SMILES string of the molecule is CC(C)c1cc(C(F)(F)F)nn1-c1ccccc1F. The van der Waals surface area contributed by atoms with Gasteiger partial charge in [-0.3, -0.25) is 0 Å². The molecular formula is C13H12F4N2. The van der Waals surface area contributed by atoms with Crippen LogP contribution in [-0.2, 0) is 6.18 Å². The third-order valence-electron chi connectivity index (χ3n) is 2.70. The van der Waals surface area contributed by atoms with Gasteiger partial charge in [-0.25, -0.2) is 9.07 Å². The van der Waals surface area contributed by atoms with Crippen molar-refractivity contribution in [3.63, 3.8) is 0 Å². The maximum Gasteiger partial charge on any atom is 0.435 e. The van der Waals surface area contributed by atoms with E-state index in [9.17, 15) is 17.6 Å². The van der Waals surface area contributed by atoms with Crippen LogP contribution in [0, 0.1) is 5.82 Å². The first-order chi connectivity index (χ1) is 8.80. The van der Waals surface area contributed by atoms with Crippen molar-refractivity contribution in [2.45, 2.75) is 25.9 Å². The highest BCUT2D eigenvalue weighted by atomic mass is 19.4. The Hall–Kier alpha value is -1.85. The fourth-order valence-corrected chi connectivity index (χ4v) is 1.76. The second kappa shape index (κ2) is 4.68. The number of aromatic nitrogens is 2. The van der Waals surface area contributed by atoms with E-state index in [1.807, 2.05) is 0 Å². The molecule has 102 valence electrons. The first-order valence-electron chi connectivity index (χ1n) is 5.72. The summed E-state index contributed by atoms with van der Waals surface area (Å²) in [6.45, 7) is 3.46. The van der Waals surface area contributed by atoms with Crippen LogP contribution in [0.1, 0.15) is 31.2 Å². The van der Waals surface area contributed by atoms with Crippen LogP contribution < -0.4 is 0 Å². The van der Waals surface area contributed by atoms with Gasteiger partial charge in [0.25, 0.3) is 0 Å². The Bertz CT molecular complexity index is 585. The van der Waals surface area contributed by atoms with Crippen molar-refractivity contribution in [2.75, 3.05) is 0 Å². The maximum absolute atomic E-state index is 13.7. The number of halogens is 4. The molecule has 19 heavy (non-hydrogen) atoms. The van der Waals surface area contributed by atoms with E-state index < -0.39 is 17.7 Å². The van der Waals surface area contributed by atoms with Gasteiger partial charge in [0.1, 0.15) is 11.5 Å². The number of hydrogen-bond acceptors (Lipinski definition) is 1. The number of benzene rings is 1. The lowest BCUT2D eigenvalue weighted by molar-refractivity contribution is -0.141. The van der Waals surface area contributed by atoms with Gasteiger partial charge in [-0.05, 0) is 24.1 Å². The zero-order chi connectivity index (χ0) is 14.2. The van der Waals surface area contributed by atoms with Crippen molar-refractivity contribution in [2.24, 2.45) is 0 Å². The van der Waals surface area contributed by atoms with Gasteiger partial charge in [-0.15, -0.1) is 0 Å². The second-order valence-electron chi connectivity index (χ2n) is 4.47. The molecule has 0 bridgehead atoms. The minimum atomic E-state index is -4.54. The molecule has 0 saturated carbocycles. The lowest BCUT2D eigenvalue weighted by atomic mass is 10.1. The smallest absolute Gasteiger partial charge is 0.234 e. The van der Waals surface area contributed by atoms with Crippen molar-refractivity contribution in [3.8, 4) is 5.69 Å². The van der Waals surface area contributed by atoms with Crippen LogP contribution in [0.3, 0.4) is 0 Å². The molecule has 0 N–H and O–H groups in total. The minimum absolute atomic E-state index is 0.0155. The molecule has 2 nitrogen and oxygen atoms in total. The Kier molecular flexibility index (Phi) is 3.34. The zero-order valence-corrected chi connectivity index (χ0v) is 10.4. The van der Waals surface area contributed by atoms with Crippen molar-refractivity contribution >= 4 is 0 Å². The quantitative estimate of drug-likeness (QED) is 0.751. The Morgan fingerprint density at radius 1 is 1.16 bits per heavy atom.